The van der Waals surface area contributed by atoms with Crippen molar-refractivity contribution < 1.29 is 9.32 Å². The molecule has 5 nitrogen and oxygen atoms in total. The maximum Gasteiger partial charge on any atom is 0.226 e. The van der Waals surface area contributed by atoms with Crippen LogP contribution in [-0.2, 0) is 11.2 Å². The van der Waals surface area contributed by atoms with Gasteiger partial charge in [0, 0.05) is 18.0 Å². The van der Waals surface area contributed by atoms with Crippen LogP contribution in [0.15, 0.2) is 28.8 Å². The summed E-state index contributed by atoms with van der Waals surface area (Å²) in [6, 6.07) is 7.45. The number of carbonyl (C=O) groups excluding carboxylic acids is 1. The summed E-state index contributed by atoms with van der Waals surface area (Å²) in [5.74, 6) is -0.0954. The summed E-state index contributed by atoms with van der Waals surface area (Å²) in [4.78, 5) is 11.7. The first-order valence-electron chi connectivity index (χ1n) is 5.53. The van der Waals surface area contributed by atoms with Crippen LogP contribution in [0.25, 0.3) is 11.0 Å². The Morgan fingerprint density at radius 1 is 1.53 bits per heavy atom. The van der Waals surface area contributed by atoms with Gasteiger partial charge in [0.1, 0.15) is 5.69 Å². The quantitative estimate of drug-likeness (QED) is 0.819. The van der Waals surface area contributed by atoms with Gasteiger partial charge in [-0.05, 0) is 19.1 Å². The van der Waals surface area contributed by atoms with E-state index in [1.165, 1.54) is 0 Å². The van der Waals surface area contributed by atoms with Crippen molar-refractivity contribution in [3.63, 3.8) is 0 Å². The smallest absolute Gasteiger partial charge is 0.226 e. The third-order valence-electron chi connectivity index (χ3n) is 2.54. The monoisotopic (exact) mass is 233 g/mol. The summed E-state index contributed by atoms with van der Waals surface area (Å²) in [5.41, 5.74) is 6.79. The van der Waals surface area contributed by atoms with Crippen molar-refractivity contribution in [3.05, 3.63) is 30.0 Å². The SMILES string of the molecule is CC(CN)NC(=O)Cc1noc2ccccc12. The summed E-state index contributed by atoms with van der Waals surface area (Å²) >= 11 is 0. The fraction of sp³-hybridized carbons (Fsp3) is 0.333. The predicted octanol–water partition coefficient (Wildman–Crippen LogP) is 0.834. The number of nitrogens with zero attached hydrogens (tertiary/aromatic N) is 1. The lowest BCUT2D eigenvalue weighted by Gasteiger charge is -2.09. The average Bonchev–Trinajstić information content (AvgIpc) is 2.72. The predicted molar refractivity (Wildman–Crippen MR) is 64.4 cm³/mol. The molecule has 1 aromatic heterocycles. The van der Waals surface area contributed by atoms with Crippen molar-refractivity contribution in [1.29, 1.82) is 0 Å². The molecule has 0 radical (unpaired) electrons. The minimum atomic E-state index is -0.0954. The van der Waals surface area contributed by atoms with E-state index in [9.17, 15) is 4.79 Å². The maximum absolute atomic E-state index is 11.7. The molecular formula is C12H15N3O2. The van der Waals surface area contributed by atoms with Crippen LogP contribution in [0.4, 0.5) is 0 Å². The van der Waals surface area contributed by atoms with Crippen LogP contribution < -0.4 is 11.1 Å². The molecule has 0 saturated carbocycles. The number of para-hydroxylation sites is 1. The molecule has 0 saturated heterocycles. The third kappa shape index (κ3) is 2.62. The van der Waals surface area contributed by atoms with E-state index in [1.54, 1.807) is 0 Å². The highest BCUT2D eigenvalue weighted by atomic mass is 16.5. The van der Waals surface area contributed by atoms with Gasteiger partial charge in [-0.3, -0.25) is 4.79 Å². The molecule has 1 unspecified atom stereocenters. The lowest BCUT2D eigenvalue weighted by atomic mass is 10.1. The Hall–Kier alpha value is -1.88. The van der Waals surface area contributed by atoms with Gasteiger partial charge in [0.2, 0.25) is 5.91 Å². The number of nitrogens with two attached hydrogens (primary N) is 1. The maximum atomic E-state index is 11.7. The summed E-state index contributed by atoms with van der Waals surface area (Å²) < 4.78 is 5.13. The molecule has 2 aromatic rings. The molecule has 1 amide bonds. The van der Waals surface area contributed by atoms with E-state index in [-0.39, 0.29) is 18.4 Å². The summed E-state index contributed by atoms with van der Waals surface area (Å²) in [5, 5.41) is 7.57. The number of hydrogen-bond donors (Lipinski definition) is 2. The Kier molecular flexibility index (Phi) is 3.39. The highest BCUT2D eigenvalue weighted by molar-refractivity contribution is 5.86. The van der Waals surface area contributed by atoms with Gasteiger partial charge in [-0.25, -0.2) is 0 Å². The largest absolute Gasteiger partial charge is 0.356 e. The Morgan fingerprint density at radius 2 is 2.29 bits per heavy atom. The molecule has 2 rings (SSSR count). The van der Waals surface area contributed by atoms with Gasteiger partial charge >= 0.3 is 0 Å². The zero-order valence-electron chi connectivity index (χ0n) is 9.64. The molecule has 0 spiro atoms. The molecule has 0 aliphatic rings. The van der Waals surface area contributed by atoms with Crippen molar-refractivity contribution in [1.82, 2.24) is 10.5 Å². The highest BCUT2D eigenvalue weighted by Crippen LogP contribution is 2.17. The number of carbonyl (C=O) groups is 1. The Labute approximate surface area is 99.0 Å². The molecule has 0 bridgehead atoms. The molecule has 0 fully saturated rings. The minimum Gasteiger partial charge on any atom is -0.356 e. The van der Waals surface area contributed by atoms with Gasteiger partial charge in [-0.2, -0.15) is 0 Å². The molecular weight excluding hydrogens is 218 g/mol. The zero-order chi connectivity index (χ0) is 12.3. The second-order valence-corrected chi connectivity index (χ2v) is 4.01. The standard InChI is InChI=1S/C12H15N3O2/c1-8(7-13)14-12(16)6-10-9-4-2-3-5-11(9)17-15-10/h2-5,8H,6-7,13H2,1H3,(H,14,16). The Morgan fingerprint density at radius 3 is 3.06 bits per heavy atom. The second-order valence-electron chi connectivity index (χ2n) is 4.01. The molecule has 1 atom stereocenters. The van der Waals surface area contributed by atoms with Crippen LogP contribution in [0.5, 0.6) is 0 Å². The van der Waals surface area contributed by atoms with E-state index in [1.807, 2.05) is 31.2 Å². The lowest BCUT2D eigenvalue weighted by Crippen LogP contribution is -2.38. The van der Waals surface area contributed by atoms with E-state index < -0.39 is 0 Å². The average molecular weight is 233 g/mol. The van der Waals surface area contributed by atoms with Crippen LogP contribution in [0, 0.1) is 0 Å². The van der Waals surface area contributed by atoms with E-state index in [2.05, 4.69) is 10.5 Å². The van der Waals surface area contributed by atoms with Crippen molar-refractivity contribution in [2.45, 2.75) is 19.4 Å². The van der Waals surface area contributed by atoms with E-state index in [0.29, 0.717) is 17.8 Å². The lowest BCUT2D eigenvalue weighted by molar-refractivity contribution is -0.121. The topological polar surface area (TPSA) is 81.1 Å². The number of aromatic nitrogens is 1. The first-order chi connectivity index (χ1) is 8.20. The highest BCUT2D eigenvalue weighted by Gasteiger charge is 2.12. The number of nitrogens with one attached hydrogen (secondary N) is 1. The molecule has 17 heavy (non-hydrogen) atoms. The molecule has 1 aromatic carbocycles. The number of amides is 1. The first kappa shape index (κ1) is 11.6. The number of rotatable bonds is 4. The number of hydrogen-bond acceptors (Lipinski definition) is 4. The molecule has 90 valence electrons. The summed E-state index contributed by atoms with van der Waals surface area (Å²) in [6.07, 6.45) is 0.210. The van der Waals surface area contributed by atoms with Gasteiger partial charge in [0.25, 0.3) is 0 Å². The van der Waals surface area contributed by atoms with Crippen molar-refractivity contribution in [3.8, 4) is 0 Å². The molecule has 3 N–H and O–H groups in total. The zero-order valence-corrected chi connectivity index (χ0v) is 9.64. The molecule has 5 heteroatoms. The van der Waals surface area contributed by atoms with Gasteiger partial charge < -0.3 is 15.6 Å². The van der Waals surface area contributed by atoms with Crippen LogP contribution >= 0.6 is 0 Å². The van der Waals surface area contributed by atoms with Crippen molar-refractivity contribution >= 4 is 16.9 Å². The van der Waals surface area contributed by atoms with E-state index >= 15 is 0 Å². The minimum absolute atomic E-state index is 0.0272. The normalized spacial score (nSPS) is 12.6. The van der Waals surface area contributed by atoms with E-state index in [0.717, 1.165) is 5.39 Å². The van der Waals surface area contributed by atoms with Crippen LogP contribution in [0.3, 0.4) is 0 Å². The fourth-order valence-electron chi connectivity index (χ4n) is 1.60. The summed E-state index contributed by atoms with van der Waals surface area (Å²) in [7, 11) is 0. The van der Waals surface area contributed by atoms with Crippen molar-refractivity contribution in [2.75, 3.05) is 6.54 Å². The molecule has 1 heterocycles. The van der Waals surface area contributed by atoms with Gasteiger partial charge in [-0.1, -0.05) is 17.3 Å². The van der Waals surface area contributed by atoms with Crippen LogP contribution in [0.2, 0.25) is 0 Å². The Balaban J connectivity index is 2.11. The number of benzene rings is 1. The first-order valence-corrected chi connectivity index (χ1v) is 5.53. The van der Waals surface area contributed by atoms with Gasteiger partial charge in [0.15, 0.2) is 5.58 Å². The molecule has 0 aliphatic heterocycles. The van der Waals surface area contributed by atoms with Crippen molar-refractivity contribution in [2.24, 2.45) is 5.73 Å². The fourth-order valence-corrected chi connectivity index (χ4v) is 1.60. The Bertz CT molecular complexity index is 521. The third-order valence-corrected chi connectivity index (χ3v) is 2.54. The second kappa shape index (κ2) is 4.97. The van der Waals surface area contributed by atoms with Gasteiger partial charge in [0.05, 0.1) is 6.42 Å². The number of fused-ring (bicyclic) bond motifs is 1. The van der Waals surface area contributed by atoms with Gasteiger partial charge in [-0.15, -0.1) is 0 Å². The van der Waals surface area contributed by atoms with E-state index in [4.69, 9.17) is 10.3 Å². The summed E-state index contributed by atoms with van der Waals surface area (Å²) in [6.45, 7) is 2.28. The van der Waals surface area contributed by atoms with Crippen LogP contribution in [0.1, 0.15) is 12.6 Å². The van der Waals surface area contributed by atoms with Crippen LogP contribution in [-0.4, -0.2) is 23.7 Å². The molecule has 0 aliphatic carbocycles.